The predicted octanol–water partition coefficient (Wildman–Crippen LogP) is 5.08. The summed E-state index contributed by atoms with van der Waals surface area (Å²) in [6.45, 7) is 5.00. The maximum atomic E-state index is 16.9. The highest BCUT2D eigenvalue weighted by molar-refractivity contribution is 6.04. The van der Waals surface area contributed by atoms with Crippen LogP contribution in [0.5, 0.6) is 11.8 Å². The number of aromatic nitrogens is 2. The maximum absolute atomic E-state index is 16.9. The van der Waals surface area contributed by atoms with Crippen molar-refractivity contribution >= 4 is 27.5 Å². The van der Waals surface area contributed by atoms with E-state index in [-0.39, 0.29) is 28.8 Å². The van der Waals surface area contributed by atoms with Gasteiger partial charge in [-0.25, -0.2) is 4.39 Å². The number of halogens is 1. The molecule has 4 aromatic rings. The molecule has 0 amide bonds. The Kier molecular flexibility index (Phi) is 6.86. The Hall–Kier alpha value is -3.97. The van der Waals surface area contributed by atoms with Crippen LogP contribution in [0.25, 0.3) is 32.8 Å². The van der Waals surface area contributed by atoms with Crippen molar-refractivity contribution in [3.8, 4) is 35.2 Å². The van der Waals surface area contributed by atoms with Crippen molar-refractivity contribution in [1.82, 2.24) is 20.2 Å². The van der Waals surface area contributed by atoms with Gasteiger partial charge in [0, 0.05) is 78.0 Å². The third-order valence-electron chi connectivity index (χ3n) is 11.6. The van der Waals surface area contributed by atoms with Crippen LogP contribution >= 0.6 is 0 Å². The largest absolute Gasteiger partial charge is 0.508 e. The van der Waals surface area contributed by atoms with E-state index in [1.807, 2.05) is 24.3 Å². The van der Waals surface area contributed by atoms with E-state index >= 15 is 4.39 Å². The van der Waals surface area contributed by atoms with Crippen molar-refractivity contribution in [2.75, 3.05) is 44.2 Å². The molecule has 2 aliphatic carbocycles. The molecule has 47 heavy (non-hydrogen) atoms. The minimum Gasteiger partial charge on any atom is -0.508 e. The molecule has 3 aromatic carbocycles. The first-order valence-corrected chi connectivity index (χ1v) is 17.1. The van der Waals surface area contributed by atoms with Crippen LogP contribution in [0.15, 0.2) is 42.5 Å². The fourth-order valence-corrected chi connectivity index (χ4v) is 9.03. The van der Waals surface area contributed by atoms with Crippen molar-refractivity contribution in [3.63, 3.8) is 0 Å². The fraction of sp³-hybridized carbons (Fsp3) is 0.474. The molecule has 1 aromatic heterocycles. The third-order valence-corrected chi connectivity index (χ3v) is 11.6. The highest BCUT2D eigenvalue weighted by atomic mass is 19.1. The Morgan fingerprint density at radius 3 is 2.60 bits per heavy atom. The molecule has 9 heteroatoms. The topological polar surface area (TPSA) is 94.0 Å². The maximum Gasteiger partial charge on any atom is 0.319 e. The SMILES string of the molecule is C#Cc1cccc2cc(O)cc(-c3ccc4c(N5CC6CCC(C5)N6)nc(OCC5(CN6CC7CCC(O)C7C6)CC5)nc4c3F)c12. The number of benzene rings is 3. The molecule has 4 heterocycles. The van der Waals surface area contributed by atoms with Crippen molar-refractivity contribution < 1.29 is 19.3 Å². The Bertz CT molecular complexity index is 1930. The van der Waals surface area contributed by atoms with Gasteiger partial charge >= 0.3 is 6.01 Å². The van der Waals surface area contributed by atoms with E-state index in [4.69, 9.17) is 21.1 Å². The lowest BCUT2D eigenvalue weighted by atomic mass is 9.93. The van der Waals surface area contributed by atoms with Gasteiger partial charge in [0.1, 0.15) is 17.1 Å². The van der Waals surface area contributed by atoms with Gasteiger partial charge in [0.25, 0.3) is 0 Å². The number of fused-ring (bicyclic) bond motifs is 5. The summed E-state index contributed by atoms with van der Waals surface area (Å²) in [5, 5.41) is 26.8. The molecular formula is C38H40FN5O3. The lowest BCUT2D eigenvalue weighted by molar-refractivity contribution is 0.116. The van der Waals surface area contributed by atoms with Gasteiger partial charge in [0.05, 0.1) is 12.7 Å². The van der Waals surface area contributed by atoms with Gasteiger partial charge in [0.15, 0.2) is 5.82 Å². The monoisotopic (exact) mass is 633 g/mol. The molecule has 242 valence electrons. The number of piperazine rings is 1. The molecule has 3 N–H and O–H groups in total. The zero-order valence-corrected chi connectivity index (χ0v) is 26.5. The van der Waals surface area contributed by atoms with Crippen molar-refractivity contribution in [2.45, 2.75) is 56.7 Å². The van der Waals surface area contributed by atoms with Gasteiger partial charge in [-0.2, -0.15) is 9.97 Å². The molecule has 9 rings (SSSR count). The Morgan fingerprint density at radius 2 is 1.83 bits per heavy atom. The van der Waals surface area contributed by atoms with Gasteiger partial charge in [-0.3, -0.25) is 0 Å². The second kappa shape index (κ2) is 11.0. The number of phenolic OH excluding ortho intramolecular Hbond substituents is 1. The first-order chi connectivity index (χ1) is 22.9. The van der Waals surface area contributed by atoms with Crippen LogP contribution < -0.4 is 15.0 Å². The van der Waals surface area contributed by atoms with E-state index in [1.54, 1.807) is 18.2 Å². The number of nitrogens with zero attached hydrogens (tertiary/aromatic N) is 4. The molecule has 2 saturated carbocycles. The molecule has 5 aliphatic rings. The van der Waals surface area contributed by atoms with Crippen LogP contribution in [0, 0.1) is 35.4 Å². The molecule has 3 aliphatic heterocycles. The van der Waals surface area contributed by atoms with Gasteiger partial charge in [0.2, 0.25) is 0 Å². The summed E-state index contributed by atoms with van der Waals surface area (Å²) in [7, 11) is 0. The van der Waals surface area contributed by atoms with Crippen molar-refractivity contribution in [3.05, 3.63) is 53.8 Å². The summed E-state index contributed by atoms with van der Waals surface area (Å²) in [6, 6.07) is 13.4. The number of hydrogen-bond acceptors (Lipinski definition) is 8. The number of nitrogens with one attached hydrogen (secondary N) is 1. The van der Waals surface area contributed by atoms with E-state index in [1.165, 1.54) is 0 Å². The normalized spacial score (nSPS) is 27.8. The van der Waals surface area contributed by atoms with Crippen LogP contribution in [-0.2, 0) is 0 Å². The Morgan fingerprint density at radius 1 is 1.00 bits per heavy atom. The molecule has 3 saturated heterocycles. The van der Waals surface area contributed by atoms with E-state index in [0.29, 0.717) is 63.8 Å². The van der Waals surface area contributed by atoms with E-state index in [2.05, 4.69) is 21.0 Å². The summed E-state index contributed by atoms with van der Waals surface area (Å²) in [6.07, 6.45) is 12.1. The number of terminal acetylenes is 1. The van der Waals surface area contributed by atoms with Gasteiger partial charge in [-0.15, -0.1) is 6.42 Å². The number of anilines is 1. The summed E-state index contributed by atoms with van der Waals surface area (Å²) < 4.78 is 23.3. The number of aliphatic hydroxyl groups is 1. The van der Waals surface area contributed by atoms with E-state index in [0.717, 1.165) is 76.6 Å². The molecule has 2 bridgehead atoms. The standard InChI is InChI=1S/C38H40FN5O3/c1-2-22-4-3-5-23-14-27(45)15-30(33(22)23)28-9-10-29-35(34(28)39)41-37(42-36(29)44-17-25-7-8-26(18-44)40-25)47-21-38(12-13-38)20-43-16-24-6-11-32(46)31(24)19-43/h1,3-5,9-10,14-15,24-26,31-32,40,45-46H,6-8,11-13,16-21H2. The number of ether oxygens (including phenoxy) is 1. The second-order valence-electron chi connectivity index (χ2n) is 14.8. The lowest BCUT2D eigenvalue weighted by Gasteiger charge is -2.34. The number of aromatic hydroxyl groups is 1. The van der Waals surface area contributed by atoms with Crippen LogP contribution in [0.2, 0.25) is 0 Å². The smallest absolute Gasteiger partial charge is 0.319 e. The Balaban J connectivity index is 1.08. The average molecular weight is 634 g/mol. The first-order valence-electron chi connectivity index (χ1n) is 17.1. The van der Waals surface area contributed by atoms with Crippen LogP contribution in [-0.4, -0.2) is 82.6 Å². The average Bonchev–Trinajstić information content (AvgIpc) is 3.39. The lowest BCUT2D eigenvalue weighted by Crippen LogP contribution is -2.51. The van der Waals surface area contributed by atoms with Crippen molar-refractivity contribution in [1.29, 1.82) is 0 Å². The first kappa shape index (κ1) is 29.2. The quantitative estimate of drug-likeness (QED) is 0.243. The number of phenols is 1. The number of aliphatic hydroxyl groups excluding tert-OH is 1. The number of rotatable bonds is 7. The molecule has 5 unspecified atom stereocenters. The predicted molar refractivity (Wildman–Crippen MR) is 180 cm³/mol. The molecular weight excluding hydrogens is 593 g/mol. The van der Waals surface area contributed by atoms with E-state index in [9.17, 15) is 10.2 Å². The Labute approximate surface area is 273 Å². The van der Waals surface area contributed by atoms with Gasteiger partial charge in [-0.05, 0) is 79.7 Å². The third kappa shape index (κ3) is 5.09. The summed E-state index contributed by atoms with van der Waals surface area (Å²) in [4.78, 5) is 14.5. The summed E-state index contributed by atoms with van der Waals surface area (Å²) >= 11 is 0. The molecule has 5 atom stereocenters. The van der Waals surface area contributed by atoms with E-state index < -0.39 is 5.82 Å². The van der Waals surface area contributed by atoms with Gasteiger partial charge in [-0.1, -0.05) is 24.1 Å². The highest BCUT2D eigenvalue weighted by Crippen LogP contribution is 2.49. The fourth-order valence-electron chi connectivity index (χ4n) is 9.03. The molecule has 5 fully saturated rings. The number of likely N-dealkylation sites (tertiary alicyclic amines) is 1. The van der Waals surface area contributed by atoms with Crippen LogP contribution in [0.3, 0.4) is 0 Å². The van der Waals surface area contributed by atoms with Crippen LogP contribution in [0.4, 0.5) is 10.2 Å². The second-order valence-corrected chi connectivity index (χ2v) is 14.8. The zero-order valence-electron chi connectivity index (χ0n) is 26.5. The summed E-state index contributed by atoms with van der Waals surface area (Å²) in [5.74, 6) is 3.97. The van der Waals surface area contributed by atoms with Crippen molar-refractivity contribution in [2.24, 2.45) is 17.3 Å². The molecule has 8 nitrogen and oxygen atoms in total. The number of hydrogen-bond donors (Lipinski definition) is 3. The molecule has 0 radical (unpaired) electrons. The zero-order chi connectivity index (χ0) is 31.9. The van der Waals surface area contributed by atoms with Crippen LogP contribution in [0.1, 0.15) is 44.1 Å². The van der Waals surface area contributed by atoms with Gasteiger partial charge < -0.3 is 30.1 Å². The summed E-state index contributed by atoms with van der Waals surface area (Å²) in [5.41, 5.74) is 1.70. The molecule has 0 spiro atoms. The minimum absolute atomic E-state index is 0.0305. The minimum atomic E-state index is -0.490. The highest BCUT2D eigenvalue weighted by Gasteiger charge is 2.49.